The van der Waals surface area contributed by atoms with Crippen LogP contribution in [0.3, 0.4) is 0 Å². The molecular weight excluding hydrogens is 300 g/mol. The maximum atomic E-state index is 11.6. The van der Waals surface area contributed by atoms with Crippen LogP contribution < -0.4 is 15.8 Å². The number of urea groups is 1. The minimum atomic E-state index is -0.631. The molecule has 2 amide bonds. The highest BCUT2D eigenvalue weighted by atomic mass is 17.2. The largest absolute Gasteiger partial charge is 0.457 e. The zero-order valence-corrected chi connectivity index (χ0v) is 12.4. The number of rotatable bonds is 6. The molecule has 0 radical (unpaired) electrons. The number of benzene rings is 2. The molecule has 0 fully saturated rings. The van der Waals surface area contributed by atoms with Gasteiger partial charge >= 0.3 is 12.0 Å². The second-order valence-corrected chi connectivity index (χ2v) is 4.42. The van der Waals surface area contributed by atoms with Crippen LogP contribution in [0.2, 0.25) is 0 Å². The fraction of sp³-hybridized carbons (Fsp3) is 0.125. The van der Waals surface area contributed by atoms with Crippen molar-refractivity contribution < 1.29 is 24.1 Å². The topological polar surface area (TPSA) is 99.9 Å². The van der Waals surface area contributed by atoms with E-state index in [-0.39, 0.29) is 6.61 Å². The highest BCUT2D eigenvalue weighted by Crippen LogP contribution is 2.23. The van der Waals surface area contributed by atoms with Crippen molar-refractivity contribution in [1.82, 2.24) is 0 Å². The average molecular weight is 316 g/mol. The zero-order valence-electron chi connectivity index (χ0n) is 12.4. The van der Waals surface area contributed by atoms with Crippen molar-refractivity contribution in [2.24, 2.45) is 5.73 Å². The molecule has 0 heterocycles. The van der Waals surface area contributed by atoms with E-state index in [0.717, 1.165) is 0 Å². The molecule has 2 rings (SSSR count). The Morgan fingerprint density at radius 2 is 1.57 bits per heavy atom. The number of anilines is 1. The molecule has 2 aromatic rings. The van der Waals surface area contributed by atoms with Crippen LogP contribution in [-0.4, -0.2) is 18.6 Å². The molecule has 23 heavy (non-hydrogen) atoms. The van der Waals surface area contributed by atoms with E-state index < -0.39 is 12.0 Å². The van der Waals surface area contributed by atoms with E-state index in [1.807, 2.05) is 0 Å². The molecule has 0 atom stereocenters. The van der Waals surface area contributed by atoms with Gasteiger partial charge in [0.05, 0.1) is 12.2 Å². The van der Waals surface area contributed by atoms with Gasteiger partial charge in [-0.25, -0.2) is 9.59 Å². The molecule has 7 nitrogen and oxygen atoms in total. The quantitative estimate of drug-likeness (QED) is 0.630. The smallest absolute Gasteiger partial charge is 0.373 e. The molecule has 120 valence electrons. The van der Waals surface area contributed by atoms with E-state index in [1.54, 1.807) is 55.5 Å². The number of nitrogens with one attached hydrogen (secondary N) is 1. The molecule has 0 aromatic heterocycles. The Hall–Kier alpha value is -3.06. The number of hydrogen-bond donors (Lipinski definition) is 2. The number of carbonyl (C=O) groups is 2. The van der Waals surface area contributed by atoms with Crippen molar-refractivity contribution in [3.63, 3.8) is 0 Å². The number of hydrogen-bond acceptors (Lipinski definition) is 5. The minimum absolute atomic E-state index is 0.285. The summed E-state index contributed by atoms with van der Waals surface area (Å²) in [5, 5.41) is 2.45. The summed E-state index contributed by atoms with van der Waals surface area (Å²) in [5.41, 5.74) is 5.95. The van der Waals surface area contributed by atoms with E-state index in [4.69, 9.17) is 10.5 Å². The lowest BCUT2D eigenvalue weighted by Gasteiger charge is -2.08. The molecule has 3 N–H and O–H groups in total. The lowest BCUT2D eigenvalue weighted by molar-refractivity contribution is -0.236. The Bertz CT molecular complexity index is 668. The van der Waals surface area contributed by atoms with Gasteiger partial charge in [-0.2, -0.15) is 4.89 Å². The Morgan fingerprint density at radius 1 is 1.00 bits per heavy atom. The lowest BCUT2D eigenvalue weighted by Crippen LogP contribution is -2.19. The average Bonchev–Trinajstić information content (AvgIpc) is 2.54. The van der Waals surface area contributed by atoms with Gasteiger partial charge in [-0.3, -0.25) is 4.89 Å². The molecule has 0 unspecified atom stereocenters. The first-order chi connectivity index (χ1) is 11.1. The molecule has 2 aromatic carbocycles. The maximum absolute atomic E-state index is 11.6. The fourth-order valence-corrected chi connectivity index (χ4v) is 1.70. The Kier molecular flexibility index (Phi) is 5.54. The standard InChI is InChI=1S/C16H16N2O5/c1-2-21-23-15(19)11-3-7-13(8-4-11)22-14-9-5-12(6-10-14)18-16(17)20/h3-10H,2H2,1H3,(H3,17,18,20). The normalized spacial score (nSPS) is 9.96. The highest BCUT2D eigenvalue weighted by molar-refractivity contribution is 5.89. The summed E-state index contributed by atoms with van der Waals surface area (Å²) in [7, 11) is 0. The third kappa shape index (κ3) is 5.01. The third-order valence-corrected chi connectivity index (χ3v) is 2.70. The van der Waals surface area contributed by atoms with E-state index in [9.17, 15) is 9.59 Å². The number of ether oxygens (including phenoxy) is 1. The van der Waals surface area contributed by atoms with Crippen molar-refractivity contribution in [3.8, 4) is 11.5 Å². The van der Waals surface area contributed by atoms with E-state index in [0.29, 0.717) is 22.7 Å². The molecule has 0 aliphatic carbocycles. The highest BCUT2D eigenvalue weighted by Gasteiger charge is 2.08. The van der Waals surface area contributed by atoms with Gasteiger partial charge in [0.15, 0.2) is 0 Å². The molecule has 0 saturated carbocycles. The van der Waals surface area contributed by atoms with Crippen LogP contribution in [0, 0.1) is 0 Å². The molecule has 0 spiro atoms. The number of carbonyl (C=O) groups excluding carboxylic acids is 2. The van der Waals surface area contributed by atoms with Crippen molar-refractivity contribution >= 4 is 17.7 Å². The SMILES string of the molecule is CCOOC(=O)c1ccc(Oc2ccc(NC(N)=O)cc2)cc1. The summed E-state index contributed by atoms with van der Waals surface area (Å²) in [6.07, 6.45) is 0. The van der Waals surface area contributed by atoms with Gasteiger partial charge < -0.3 is 15.8 Å². The van der Waals surface area contributed by atoms with Crippen molar-refractivity contribution in [2.75, 3.05) is 11.9 Å². The first-order valence-corrected chi connectivity index (χ1v) is 6.86. The third-order valence-electron chi connectivity index (χ3n) is 2.70. The molecular formula is C16H16N2O5. The summed E-state index contributed by atoms with van der Waals surface area (Å²) in [5.74, 6) is 0.554. The van der Waals surface area contributed by atoms with Gasteiger partial charge in [0.25, 0.3) is 0 Å². The molecule has 0 bridgehead atoms. The number of primary amides is 1. The lowest BCUT2D eigenvalue weighted by atomic mass is 10.2. The first-order valence-electron chi connectivity index (χ1n) is 6.86. The van der Waals surface area contributed by atoms with Gasteiger partial charge in [-0.15, -0.1) is 0 Å². The Labute approximate surface area is 132 Å². The fourth-order valence-electron chi connectivity index (χ4n) is 1.70. The molecule has 0 aliphatic heterocycles. The van der Waals surface area contributed by atoms with E-state index >= 15 is 0 Å². The molecule has 7 heteroatoms. The Morgan fingerprint density at radius 3 is 2.09 bits per heavy atom. The number of nitrogens with two attached hydrogens (primary N) is 1. The van der Waals surface area contributed by atoms with Gasteiger partial charge in [0.1, 0.15) is 11.5 Å². The summed E-state index contributed by atoms with van der Waals surface area (Å²) >= 11 is 0. The minimum Gasteiger partial charge on any atom is -0.457 e. The van der Waals surface area contributed by atoms with E-state index in [2.05, 4.69) is 15.1 Å². The predicted octanol–water partition coefficient (Wildman–Crippen LogP) is 3.08. The van der Waals surface area contributed by atoms with Crippen LogP contribution in [0.25, 0.3) is 0 Å². The van der Waals surface area contributed by atoms with Crippen molar-refractivity contribution in [2.45, 2.75) is 6.92 Å². The molecule has 0 saturated heterocycles. The van der Waals surface area contributed by atoms with Gasteiger partial charge in [0, 0.05) is 5.69 Å². The Balaban J connectivity index is 1.97. The van der Waals surface area contributed by atoms with Crippen LogP contribution in [-0.2, 0) is 9.78 Å². The number of amides is 2. The van der Waals surface area contributed by atoms with Crippen LogP contribution in [0.4, 0.5) is 10.5 Å². The van der Waals surface area contributed by atoms with Gasteiger partial charge in [0.2, 0.25) is 0 Å². The monoisotopic (exact) mass is 316 g/mol. The van der Waals surface area contributed by atoms with E-state index in [1.165, 1.54) is 0 Å². The van der Waals surface area contributed by atoms with Crippen molar-refractivity contribution in [1.29, 1.82) is 0 Å². The van der Waals surface area contributed by atoms with Crippen molar-refractivity contribution in [3.05, 3.63) is 54.1 Å². The maximum Gasteiger partial charge on any atom is 0.373 e. The first kappa shape index (κ1) is 16.3. The van der Waals surface area contributed by atoms with Crippen LogP contribution in [0.5, 0.6) is 11.5 Å². The summed E-state index contributed by atoms with van der Waals surface area (Å²) in [4.78, 5) is 31.4. The van der Waals surface area contributed by atoms with Crippen LogP contribution >= 0.6 is 0 Å². The molecule has 0 aliphatic rings. The van der Waals surface area contributed by atoms with Gasteiger partial charge in [-0.05, 0) is 55.5 Å². The van der Waals surface area contributed by atoms with Crippen LogP contribution in [0.15, 0.2) is 48.5 Å². The van der Waals surface area contributed by atoms with Crippen LogP contribution in [0.1, 0.15) is 17.3 Å². The summed E-state index contributed by atoms with van der Waals surface area (Å²) in [6.45, 7) is 2.00. The van der Waals surface area contributed by atoms with Gasteiger partial charge in [-0.1, -0.05) is 0 Å². The second-order valence-electron chi connectivity index (χ2n) is 4.42. The zero-order chi connectivity index (χ0) is 16.7. The summed E-state index contributed by atoms with van der Waals surface area (Å²) < 4.78 is 5.63. The predicted molar refractivity (Wildman–Crippen MR) is 83.2 cm³/mol. The summed E-state index contributed by atoms with van der Waals surface area (Å²) in [6, 6.07) is 12.5. The second kappa shape index (κ2) is 7.81.